The van der Waals surface area contributed by atoms with Crippen LogP contribution in [0, 0.1) is 0 Å². The third-order valence-electron chi connectivity index (χ3n) is 4.53. The van der Waals surface area contributed by atoms with Gasteiger partial charge >= 0.3 is 0 Å². The molecule has 1 heterocycles. The van der Waals surface area contributed by atoms with Gasteiger partial charge in [0.25, 0.3) is 0 Å². The summed E-state index contributed by atoms with van der Waals surface area (Å²) in [5.74, 6) is 0.0729. The Bertz CT molecular complexity index is 541. The molecule has 0 spiro atoms. The molecule has 3 rings (SSSR count). The molecular weight excluding hydrogens is 266 g/mol. The third kappa shape index (κ3) is 2.83. The van der Waals surface area contributed by atoms with Gasteiger partial charge < -0.3 is 21.1 Å². The molecule has 1 fully saturated rings. The number of benzene rings is 1. The number of nitrogens with one attached hydrogen (secondary N) is 1. The largest absolute Gasteiger partial charge is 0.397 e. The van der Waals surface area contributed by atoms with Gasteiger partial charge in [0.1, 0.15) is 0 Å². The lowest BCUT2D eigenvalue weighted by Crippen LogP contribution is -2.41. The molecule has 1 aromatic rings. The first-order valence-corrected chi connectivity index (χ1v) is 7.79. The Labute approximate surface area is 125 Å². The van der Waals surface area contributed by atoms with Crippen LogP contribution in [0.4, 0.5) is 17.1 Å². The molecule has 1 aliphatic carbocycles. The van der Waals surface area contributed by atoms with E-state index in [4.69, 9.17) is 10.8 Å². The smallest absolute Gasteiger partial charge is 0.224 e. The second-order valence-electron chi connectivity index (χ2n) is 5.97. The van der Waals surface area contributed by atoms with Gasteiger partial charge in [0.15, 0.2) is 0 Å². The highest BCUT2D eigenvalue weighted by Gasteiger charge is 2.27. The monoisotopic (exact) mass is 289 g/mol. The van der Waals surface area contributed by atoms with Gasteiger partial charge in [-0.25, -0.2) is 0 Å². The first-order chi connectivity index (χ1) is 10.2. The second kappa shape index (κ2) is 5.93. The molecule has 114 valence electrons. The Morgan fingerprint density at radius 3 is 2.81 bits per heavy atom. The average Bonchev–Trinajstić information content (AvgIpc) is 2.41. The van der Waals surface area contributed by atoms with Crippen molar-refractivity contribution in [3.63, 3.8) is 0 Å². The molecule has 4 N–H and O–H groups in total. The summed E-state index contributed by atoms with van der Waals surface area (Å²) in [7, 11) is 0. The molecular formula is C16H23N3O2. The highest BCUT2D eigenvalue weighted by molar-refractivity contribution is 5.95. The summed E-state index contributed by atoms with van der Waals surface area (Å²) in [6.07, 6.45) is 5.62. The molecule has 1 saturated carbocycles. The van der Waals surface area contributed by atoms with Crippen LogP contribution in [0.3, 0.4) is 0 Å². The minimum Gasteiger partial charge on any atom is -0.397 e. The van der Waals surface area contributed by atoms with Gasteiger partial charge in [0, 0.05) is 31.3 Å². The molecule has 0 aromatic heterocycles. The molecule has 1 aliphatic heterocycles. The predicted molar refractivity (Wildman–Crippen MR) is 84.5 cm³/mol. The number of aryl methyl sites for hydroxylation is 1. The van der Waals surface area contributed by atoms with E-state index in [9.17, 15) is 4.79 Å². The van der Waals surface area contributed by atoms with Crippen LogP contribution in [-0.4, -0.2) is 30.2 Å². The number of rotatable bonds is 5. The highest BCUT2D eigenvalue weighted by atomic mass is 16.3. The van der Waals surface area contributed by atoms with E-state index in [1.807, 2.05) is 12.1 Å². The summed E-state index contributed by atoms with van der Waals surface area (Å²) < 4.78 is 0. The fraction of sp³-hybridized carbons (Fsp3) is 0.562. The summed E-state index contributed by atoms with van der Waals surface area (Å²) in [6.45, 7) is 0.989. The van der Waals surface area contributed by atoms with Crippen LogP contribution in [0.25, 0.3) is 0 Å². The van der Waals surface area contributed by atoms with Crippen molar-refractivity contribution < 1.29 is 9.90 Å². The maximum absolute atomic E-state index is 11.6. The van der Waals surface area contributed by atoms with Crippen molar-refractivity contribution in [2.75, 3.05) is 29.1 Å². The maximum atomic E-state index is 11.6. The lowest BCUT2D eigenvalue weighted by atomic mass is 9.90. The van der Waals surface area contributed by atoms with E-state index in [1.165, 1.54) is 19.3 Å². The van der Waals surface area contributed by atoms with E-state index in [0.717, 1.165) is 42.0 Å². The number of fused-ring (bicyclic) bond motifs is 1. The second-order valence-corrected chi connectivity index (χ2v) is 5.97. The number of anilines is 3. The van der Waals surface area contributed by atoms with Crippen LogP contribution in [0.5, 0.6) is 0 Å². The fourth-order valence-electron chi connectivity index (χ4n) is 3.12. The Hall–Kier alpha value is -1.75. The van der Waals surface area contributed by atoms with E-state index >= 15 is 0 Å². The highest BCUT2D eigenvalue weighted by Crippen LogP contribution is 2.37. The van der Waals surface area contributed by atoms with E-state index in [1.54, 1.807) is 0 Å². The summed E-state index contributed by atoms with van der Waals surface area (Å²) >= 11 is 0. The van der Waals surface area contributed by atoms with Crippen molar-refractivity contribution in [1.29, 1.82) is 0 Å². The molecule has 21 heavy (non-hydrogen) atoms. The molecule has 1 aromatic carbocycles. The normalized spacial score (nSPS) is 17.9. The number of aliphatic hydroxyl groups is 1. The summed E-state index contributed by atoms with van der Waals surface area (Å²) in [5.41, 5.74) is 10.0. The molecule has 0 bridgehead atoms. The molecule has 5 nitrogen and oxygen atoms in total. The molecule has 5 heteroatoms. The Morgan fingerprint density at radius 2 is 2.14 bits per heavy atom. The molecule has 2 aliphatic rings. The average molecular weight is 289 g/mol. The topological polar surface area (TPSA) is 78.6 Å². The molecule has 1 amide bonds. The van der Waals surface area contributed by atoms with Crippen LogP contribution in [-0.2, 0) is 11.2 Å². The summed E-state index contributed by atoms with van der Waals surface area (Å²) in [6, 6.07) is 4.52. The van der Waals surface area contributed by atoms with Crippen LogP contribution in [0.2, 0.25) is 0 Å². The Morgan fingerprint density at radius 1 is 1.33 bits per heavy atom. The summed E-state index contributed by atoms with van der Waals surface area (Å²) in [4.78, 5) is 13.9. The minimum atomic E-state index is 0.0729. The van der Waals surface area contributed by atoms with Crippen LogP contribution in [0.15, 0.2) is 12.1 Å². The number of nitrogens with zero attached hydrogens (tertiary/aromatic N) is 1. The zero-order valence-electron chi connectivity index (χ0n) is 12.3. The van der Waals surface area contributed by atoms with E-state index in [-0.39, 0.29) is 12.5 Å². The molecule has 0 unspecified atom stereocenters. The third-order valence-corrected chi connectivity index (χ3v) is 4.53. The van der Waals surface area contributed by atoms with Gasteiger partial charge in [0.05, 0.1) is 11.4 Å². The minimum absolute atomic E-state index is 0.0729. The van der Waals surface area contributed by atoms with Gasteiger partial charge in [0.2, 0.25) is 5.91 Å². The standard InChI is InChI=1S/C16H23N3O2/c17-13-9-11-5-6-16(21)18-14(11)10-15(13)19(7-2-8-20)12-3-1-4-12/h9-10,12,20H,1-8,17H2,(H,18,21). The van der Waals surface area contributed by atoms with Gasteiger partial charge in [-0.1, -0.05) is 0 Å². The van der Waals surface area contributed by atoms with Crippen LogP contribution in [0.1, 0.15) is 37.7 Å². The number of hydrogen-bond donors (Lipinski definition) is 3. The van der Waals surface area contributed by atoms with Crippen molar-refractivity contribution in [1.82, 2.24) is 0 Å². The lowest BCUT2D eigenvalue weighted by Gasteiger charge is -2.40. The van der Waals surface area contributed by atoms with Crippen LogP contribution < -0.4 is 16.0 Å². The number of aliphatic hydroxyl groups excluding tert-OH is 1. The number of carbonyl (C=O) groups is 1. The van der Waals surface area contributed by atoms with E-state index < -0.39 is 0 Å². The first kappa shape index (κ1) is 14.2. The van der Waals surface area contributed by atoms with E-state index in [2.05, 4.69) is 10.2 Å². The lowest BCUT2D eigenvalue weighted by molar-refractivity contribution is -0.116. The van der Waals surface area contributed by atoms with Crippen molar-refractivity contribution in [3.05, 3.63) is 17.7 Å². The van der Waals surface area contributed by atoms with Crippen LogP contribution >= 0.6 is 0 Å². The first-order valence-electron chi connectivity index (χ1n) is 7.79. The Kier molecular flexibility index (Phi) is 4.01. The number of amides is 1. The van der Waals surface area contributed by atoms with Crippen molar-refractivity contribution in [2.45, 2.75) is 44.6 Å². The van der Waals surface area contributed by atoms with Gasteiger partial charge in [-0.3, -0.25) is 4.79 Å². The zero-order chi connectivity index (χ0) is 14.8. The van der Waals surface area contributed by atoms with Gasteiger partial charge in [-0.05, 0) is 49.8 Å². The van der Waals surface area contributed by atoms with Gasteiger partial charge in [-0.15, -0.1) is 0 Å². The maximum Gasteiger partial charge on any atom is 0.224 e. The fourth-order valence-corrected chi connectivity index (χ4v) is 3.12. The quantitative estimate of drug-likeness (QED) is 0.723. The predicted octanol–water partition coefficient (Wildman–Crippen LogP) is 1.89. The SMILES string of the molecule is Nc1cc2c(cc1N(CCCO)C1CCC1)NC(=O)CC2. The van der Waals surface area contributed by atoms with Crippen molar-refractivity contribution in [2.24, 2.45) is 0 Å². The molecule has 0 saturated heterocycles. The number of carbonyl (C=O) groups excluding carboxylic acids is 1. The van der Waals surface area contributed by atoms with E-state index in [0.29, 0.717) is 12.5 Å². The Balaban J connectivity index is 1.91. The summed E-state index contributed by atoms with van der Waals surface area (Å²) in [5, 5.41) is 12.1. The molecule has 0 atom stereocenters. The number of nitrogen functional groups attached to an aromatic ring is 1. The van der Waals surface area contributed by atoms with Gasteiger partial charge in [-0.2, -0.15) is 0 Å². The number of nitrogens with two attached hydrogens (primary N) is 1. The number of hydrogen-bond acceptors (Lipinski definition) is 4. The molecule has 0 radical (unpaired) electrons. The zero-order valence-corrected chi connectivity index (χ0v) is 12.3. The van der Waals surface area contributed by atoms with Crippen molar-refractivity contribution in [3.8, 4) is 0 Å². The van der Waals surface area contributed by atoms with Crippen molar-refractivity contribution >= 4 is 23.0 Å².